The first-order valence-electron chi connectivity index (χ1n) is 35.4. The van der Waals surface area contributed by atoms with Gasteiger partial charge in [0.25, 0.3) is 0 Å². The topological polar surface area (TPSA) is 175 Å². The second-order valence-electron chi connectivity index (χ2n) is 24.2. The number of esters is 1. The Morgan fingerprint density at radius 1 is 0.471 bits per heavy atom. The Kier molecular flexibility index (Phi) is 57.4. The molecule has 492 valence electrons. The van der Waals surface area contributed by atoms with Crippen molar-refractivity contribution in [3.8, 4) is 0 Å². The molecule has 11 heteroatoms. The van der Waals surface area contributed by atoms with E-state index in [4.69, 9.17) is 14.2 Å². The molecule has 85 heavy (non-hydrogen) atoms. The van der Waals surface area contributed by atoms with Crippen LogP contribution < -0.4 is 5.32 Å². The Labute approximate surface area is 521 Å². The SMILES string of the molecule is CC/C=C\C/C=C\C/C=C\C/C=C\C/C=C\CCCCCCC(O)C(=O)NC(COC1OC(CO)C(O)C(O)C1OC(=O)CCCCCCCCCCCCCCC/C=C/CCCCCCCC)C(O)/C=C/CCCCCCCCCCCCC. The van der Waals surface area contributed by atoms with Gasteiger partial charge in [-0.25, -0.2) is 0 Å². The lowest BCUT2D eigenvalue weighted by atomic mass is 9.99. The maximum atomic E-state index is 13.5. The Hall–Kier alpha value is -3.16. The average Bonchev–Trinajstić information content (AvgIpc) is 3.12. The Morgan fingerprint density at radius 3 is 1.28 bits per heavy atom. The molecular weight excluding hydrogens is 1060 g/mol. The van der Waals surface area contributed by atoms with Gasteiger partial charge in [0, 0.05) is 6.42 Å². The summed E-state index contributed by atoms with van der Waals surface area (Å²) in [6.45, 7) is 5.69. The fourth-order valence-electron chi connectivity index (χ4n) is 10.7. The third-order valence-corrected chi connectivity index (χ3v) is 16.3. The van der Waals surface area contributed by atoms with E-state index in [0.717, 1.165) is 96.3 Å². The molecule has 6 N–H and O–H groups in total. The smallest absolute Gasteiger partial charge is 0.306 e. The highest BCUT2D eigenvalue weighted by molar-refractivity contribution is 5.80. The zero-order valence-corrected chi connectivity index (χ0v) is 54.7. The van der Waals surface area contributed by atoms with E-state index in [1.165, 1.54) is 167 Å². The molecule has 8 unspecified atom stereocenters. The molecule has 1 fully saturated rings. The van der Waals surface area contributed by atoms with Gasteiger partial charge in [0.2, 0.25) is 5.91 Å². The molecule has 0 aromatic heterocycles. The molecule has 11 nitrogen and oxygen atoms in total. The van der Waals surface area contributed by atoms with Crippen LogP contribution in [-0.2, 0) is 23.8 Å². The van der Waals surface area contributed by atoms with Gasteiger partial charge in [0.05, 0.1) is 25.4 Å². The molecule has 0 spiro atoms. The van der Waals surface area contributed by atoms with E-state index in [1.54, 1.807) is 6.08 Å². The predicted molar refractivity (Wildman–Crippen MR) is 356 cm³/mol. The summed E-state index contributed by atoms with van der Waals surface area (Å²) in [7, 11) is 0. The van der Waals surface area contributed by atoms with Crippen LogP contribution >= 0.6 is 0 Å². The largest absolute Gasteiger partial charge is 0.454 e. The molecule has 1 amide bonds. The van der Waals surface area contributed by atoms with Crippen LogP contribution in [0.3, 0.4) is 0 Å². The predicted octanol–water partition coefficient (Wildman–Crippen LogP) is 18.1. The van der Waals surface area contributed by atoms with Gasteiger partial charge in [-0.2, -0.15) is 0 Å². The lowest BCUT2D eigenvalue weighted by molar-refractivity contribution is -0.305. The Bertz CT molecular complexity index is 1710. The van der Waals surface area contributed by atoms with Gasteiger partial charge in [-0.05, 0) is 96.3 Å². The van der Waals surface area contributed by atoms with Gasteiger partial charge in [0.1, 0.15) is 24.4 Å². The molecule has 0 aromatic carbocycles. The average molecular weight is 1190 g/mol. The number of allylic oxidation sites excluding steroid dienone is 13. The molecule has 0 bridgehead atoms. The van der Waals surface area contributed by atoms with Crippen molar-refractivity contribution in [3.05, 3.63) is 85.1 Å². The summed E-state index contributed by atoms with van der Waals surface area (Å²) in [5.74, 6) is -1.21. The number of nitrogens with one attached hydrogen (secondary N) is 1. The van der Waals surface area contributed by atoms with E-state index in [-0.39, 0.29) is 19.4 Å². The number of carbonyl (C=O) groups is 2. The van der Waals surface area contributed by atoms with Crippen LogP contribution in [0.1, 0.15) is 310 Å². The summed E-state index contributed by atoms with van der Waals surface area (Å²) < 4.78 is 17.7. The molecule has 0 aliphatic carbocycles. The van der Waals surface area contributed by atoms with Crippen molar-refractivity contribution >= 4 is 11.9 Å². The normalized spacial score (nSPS) is 18.9. The summed E-state index contributed by atoms with van der Waals surface area (Å²) in [6, 6.07) is -1.04. The minimum absolute atomic E-state index is 0.119. The van der Waals surface area contributed by atoms with E-state index in [2.05, 4.69) is 99.0 Å². The van der Waals surface area contributed by atoms with Crippen molar-refractivity contribution in [2.75, 3.05) is 13.2 Å². The van der Waals surface area contributed by atoms with E-state index in [0.29, 0.717) is 12.8 Å². The van der Waals surface area contributed by atoms with Crippen molar-refractivity contribution in [3.63, 3.8) is 0 Å². The van der Waals surface area contributed by atoms with Crippen LogP contribution in [0.25, 0.3) is 0 Å². The lowest BCUT2D eigenvalue weighted by Crippen LogP contribution is -2.61. The van der Waals surface area contributed by atoms with Crippen molar-refractivity contribution in [2.24, 2.45) is 0 Å². The molecule has 0 aromatic rings. The first-order chi connectivity index (χ1) is 41.7. The summed E-state index contributed by atoms with van der Waals surface area (Å²) in [5, 5.41) is 57.2. The van der Waals surface area contributed by atoms with Crippen LogP contribution in [0, 0.1) is 0 Å². The quantitative estimate of drug-likeness (QED) is 0.0195. The molecule has 1 aliphatic rings. The number of carbonyl (C=O) groups excluding carboxylic acids is 2. The summed E-state index contributed by atoms with van der Waals surface area (Å²) in [5.41, 5.74) is 0. The van der Waals surface area contributed by atoms with Crippen molar-refractivity contribution in [1.82, 2.24) is 5.32 Å². The first kappa shape index (κ1) is 79.9. The van der Waals surface area contributed by atoms with E-state index >= 15 is 0 Å². The first-order valence-corrected chi connectivity index (χ1v) is 35.4. The second-order valence-corrected chi connectivity index (χ2v) is 24.2. The minimum Gasteiger partial charge on any atom is -0.454 e. The highest BCUT2D eigenvalue weighted by atomic mass is 16.7. The summed E-state index contributed by atoms with van der Waals surface area (Å²) in [6.07, 6.45) is 70.4. The second kappa shape index (κ2) is 61.1. The van der Waals surface area contributed by atoms with Crippen molar-refractivity contribution in [2.45, 2.75) is 359 Å². The van der Waals surface area contributed by atoms with Gasteiger partial charge in [-0.1, -0.05) is 292 Å². The number of rotatable bonds is 60. The fourth-order valence-corrected chi connectivity index (χ4v) is 10.7. The highest BCUT2D eigenvalue weighted by Crippen LogP contribution is 2.26. The zero-order chi connectivity index (χ0) is 61.7. The Balaban J connectivity index is 2.62. The molecule has 8 atom stereocenters. The standard InChI is InChI=1S/C74H131NO10/c1-4-7-10-13-16-19-22-25-27-29-31-33-34-35-37-39-41-44-47-50-53-56-59-62-69(79)85-72-71(81)70(80)68(63-76)84-74(72)83-64-65(66(77)60-57-54-51-48-45-42-24-21-18-15-12-9-6-3)75-73(82)67(78)61-58-55-52-49-46-43-40-38-36-32-30-28-26-23-20-17-14-11-8-5-2/h8,11,17,20,25-28,32,36,40,43,57,60,65-68,70-72,74,76-78,80-81H,4-7,9-10,12-16,18-19,21-24,29-31,33-35,37-39,41-42,44-56,58-59,61-64H2,1-3H3,(H,75,82)/b11-8-,20-17-,27-25+,28-26-,36-32-,43-40-,60-57+. The molecule has 1 saturated heterocycles. The summed E-state index contributed by atoms with van der Waals surface area (Å²) >= 11 is 0. The highest BCUT2D eigenvalue weighted by Gasteiger charge is 2.47. The molecule has 1 rings (SSSR count). The number of unbranched alkanes of at least 4 members (excludes halogenated alkanes) is 34. The third-order valence-electron chi connectivity index (χ3n) is 16.3. The van der Waals surface area contributed by atoms with Gasteiger partial charge in [-0.15, -0.1) is 0 Å². The molecule has 1 heterocycles. The maximum Gasteiger partial charge on any atom is 0.306 e. The molecular formula is C74H131NO10. The third kappa shape index (κ3) is 48.4. The Morgan fingerprint density at radius 2 is 0.847 bits per heavy atom. The number of amides is 1. The minimum atomic E-state index is -1.62. The van der Waals surface area contributed by atoms with Crippen LogP contribution in [0.4, 0.5) is 0 Å². The van der Waals surface area contributed by atoms with Crippen LogP contribution in [-0.4, -0.2) is 99.6 Å². The van der Waals surface area contributed by atoms with Gasteiger partial charge >= 0.3 is 5.97 Å². The molecule has 1 aliphatic heterocycles. The number of aliphatic hydroxyl groups excluding tert-OH is 5. The molecule has 0 radical (unpaired) electrons. The van der Waals surface area contributed by atoms with Crippen molar-refractivity contribution < 1.29 is 49.3 Å². The number of hydrogen-bond acceptors (Lipinski definition) is 10. The van der Waals surface area contributed by atoms with E-state index in [1.807, 2.05) is 6.08 Å². The zero-order valence-electron chi connectivity index (χ0n) is 54.7. The number of ether oxygens (including phenoxy) is 3. The van der Waals surface area contributed by atoms with Gasteiger partial charge in [0.15, 0.2) is 12.4 Å². The van der Waals surface area contributed by atoms with Gasteiger partial charge in [-0.3, -0.25) is 9.59 Å². The van der Waals surface area contributed by atoms with Crippen LogP contribution in [0.2, 0.25) is 0 Å². The van der Waals surface area contributed by atoms with E-state index in [9.17, 15) is 35.1 Å². The number of aliphatic hydroxyl groups is 5. The lowest BCUT2D eigenvalue weighted by Gasteiger charge is -2.41. The van der Waals surface area contributed by atoms with Crippen molar-refractivity contribution in [1.29, 1.82) is 0 Å². The maximum absolute atomic E-state index is 13.5. The van der Waals surface area contributed by atoms with E-state index < -0.39 is 67.4 Å². The van der Waals surface area contributed by atoms with Crippen LogP contribution in [0.5, 0.6) is 0 Å². The summed E-state index contributed by atoms with van der Waals surface area (Å²) in [4.78, 5) is 26.7. The van der Waals surface area contributed by atoms with Crippen LogP contribution in [0.15, 0.2) is 85.1 Å². The monoisotopic (exact) mass is 1190 g/mol. The van der Waals surface area contributed by atoms with Gasteiger partial charge < -0.3 is 45.1 Å². The molecule has 0 saturated carbocycles. The number of hydrogen-bond donors (Lipinski definition) is 6. The fraction of sp³-hybridized carbons (Fsp3) is 0.784.